The molecule has 0 aromatic rings. The average Bonchev–Trinajstić information content (AvgIpc) is 2.68. The number of nitrogens with two attached hydrogens (primary N) is 1. The molecule has 0 aromatic carbocycles. The van der Waals surface area contributed by atoms with Gasteiger partial charge in [-0.15, -0.1) is 0 Å². The van der Waals surface area contributed by atoms with Crippen molar-refractivity contribution < 1.29 is 14.7 Å². The SMILES string of the molecule is NC(=O)[C@H](CO)N1CC2(CCCN2)C1=O.S. The number of hydrogen-bond donors (Lipinski definition) is 3. The lowest BCUT2D eigenvalue weighted by atomic mass is 9.85. The predicted molar refractivity (Wildman–Crippen MR) is 62.1 cm³/mol. The zero-order valence-electron chi connectivity index (χ0n) is 8.90. The standard InChI is InChI=1S/C9H15N3O3.H2S/c10-7(14)6(4-13)12-5-9(8(12)15)2-1-3-11-9;/h6,11,13H,1-5H2,(H2,10,14);1H2/t6-,9?;/m0./s1. The molecule has 2 rings (SSSR count). The highest BCUT2D eigenvalue weighted by Gasteiger charge is 2.55. The predicted octanol–water partition coefficient (Wildman–Crippen LogP) is -2.09. The van der Waals surface area contributed by atoms with E-state index in [1.165, 1.54) is 4.90 Å². The molecule has 2 heterocycles. The maximum absolute atomic E-state index is 11.8. The third-order valence-corrected chi connectivity index (χ3v) is 3.23. The summed E-state index contributed by atoms with van der Waals surface area (Å²) in [7, 11) is 0. The lowest BCUT2D eigenvalue weighted by molar-refractivity contribution is -0.160. The normalized spacial score (nSPS) is 29.8. The van der Waals surface area contributed by atoms with Gasteiger partial charge in [0.2, 0.25) is 11.8 Å². The molecule has 2 fully saturated rings. The largest absolute Gasteiger partial charge is 0.394 e. The van der Waals surface area contributed by atoms with Crippen LogP contribution in [-0.2, 0) is 9.59 Å². The number of aliphatic hydroxyl groups is 1. The summed E-state index contributed by atoms with van der Waals surface area (Å²) in [5.74, 6) is -0.767. The Hall–Kier alpha value is -0.790. The molecule has 0 aromatic heterocycles. The summed E-state index contributed by atoms with van der Waals surface area (Å²) in [5.41, 5.74) is 4.62. The maximum Gasteiger partial charge on any atom is 0.245 e. The minimum Gasteiger partial charge on any atom is -0.394 e. The third-order valence-electron chi connectivity index (χ3n) is 3.23. The Morgan fingerprint density at radius 3 is 2.75 bits per heavy atom. The Bertz CT molecular complexity index is 304. The van der Waals surface area contributed by atoms with Crippen LogP contribution in [0.4, 0.5) is 0 Å². The summed E-state index contributed by atoms with van der Waals surface area (Å²) in [6.07, 6.45) is 1.78. The van der Waals surface area contributed by atoms with E-state index in [4.69, 9.17) is 10.8 Å². The molecule has 6 nitrogen and oxygen atoms in total. The fourth-order valence-corrected chi connectivity index (χ4v) is 2.33. The van der Waals surface area contributed by atoms with E-state index >= 15 is 0 Å². The van der Waals surface area contributed by atoms with Crippen LogP contribution in [0.5, 0.6) is 0 Å². The Morgan fingerprint density at radius 2 is 2.38 bits per heavy atom. The first-order valence-electron chi connectivity index (χ1n) is 5.07. The van der Waals surface area contributed by atoms with Crippen molar-refractivity contribution in [3.8, 4) is 0 Å². The Balaban J connectivity index is 0.00000128. The molecule has 16 heavy (non-hydrogen) atoms. The summed E-state index contributed by atoms with van der Waals surface area (Å²) in [6, 6.07) is -0.870. The van der Waals surface area contributed by atoms with Crippen LogP contribution >= 0.6 is 13.5 Å². The van der Waals surface area contributed by atoms with Crippen molar-refractivity contribution in [2.75, 3.05) is 19.7 Å². The first kappa shape index (κ1) is 13.3. The molecule has 1 unspecified atom stereocenters. The minimum absolute atomic E-state index is 0. The zero-order valence-corrected chi connectivity index (χ0v) is 9.90. The van der Waals surface area contributed by atoms with Gasteiger partial charge in [-0.05, 0) is 19.4 Å². The van der Waals surface area contributed by atoms with Crippen LogP contribution in [0.1, 0.15) is 12.8 Å². The summed E-state index contributed by atoms with van der Waals surface area (Å²) in [5, 5.41) is 12.1. The molecule has 2 atom stereocenters. The number of nitrogens with zero attached hydrogens (tertiary/aromatic N) is 1. The van der Waals surface area contributed by atoms with Crippen LogP contribution in [0.15, 0.2) is 0 Å². The van der Waals surface area contributed by atoms with Gasteiger partial charge in [0.1, 0.15) is 11.6 Å². The first-order chi connectivity index (χ1) is 7.10. The number of primary amides is 1. The monoisotopic (exact) mass is 247 g/mol. The van der Waals surface area contributed by atoms with Crippen LogP contribution in [0.3, 0.4) is 0 Å². The van der Waals surface area contributed by atoms with E-state index in [9.17, 15) is 9.59 Å². The van der Waals surface area contributed by atoms with Gasteiger partial charge in [0.15, 0.2) is 0 Å². The van der Waals surface area contributed by atoms with Crippen LogP contribution in [0, 0.1) is 0 Å². The first-order valence-corrected chi connectivity index (χ1v) is 5.07. The molecule has 2 amide bonds. The highest BCUT2D eigenvalue weighted by atomic mass is 32.1. The molecule has 92 valence electrons. The van der Waals surface area contributed by atoms with Crippen molar-refractivity contribution in [2.24, 2.45) is 5.73 Å². The van der Waals surface area contributed by atoms with Crippen LogP contribution in [0.2, 0.25) is 0 Å². The van der Waals surface area contributed by atoms with Crippen molar-refractivity contribution >= 4 is 25.3 Å². The van der Waals surface area contributed by atoms with E-state index in [1.54, 1.807) is 0 Å². The number of carbonyl (C=O) groups excluding carboxylic acids is 2. The van der Waals surface area contributed by atoms with Crippen LogP contribution in [-0.4, -0.2) is 53.1 Å². The van der Waals surface area contributed by atoms with Gasteiger partial charge in [0.05, 0.1) is 6.61 Å². The van der Waals surface area contributed by atoms with Crippen molar-refractivity contribution in [3.05, 3.63) is 0 Å². The van der Waals surface area contributed by atoms with Crippen molar-refractivity contribution in [1.29, 1.82) is 0 Å². The van der Waals surface area contributed by atoms with E-state index < -0.39 is 24.1 Å². The molecule has 2 aliphatic rings. The fourth-order valence-electron chi connectivity index (χ4n) is 2.33. The average molecular weight is 247 g/mol. The highest BCUT2D eigenvalue weighted by molar-refractivity contribution is 7.59. The number of amides is 2. The summed E-state index contributed by atoms with van der Waals surface area (Å²) < 4.78 is 0. The van der Waals surface area contributed by atoms with Crippen LogP contribution < -0.4 is 11.1 Å². The number of rotatable bonds is 3. The van der Waals surface area contributed by atoms with Gasteiger partial charge in [-0.3, -0.25) is 9.59 Å². The highest BCUT2D eigenvalue weighted by Crippen LogP contribution is 2.32. The smallest absolute Gasteiger partial charge is 0.245 e. The number of nitrogens with one attached hydrogen (secondary N) is 1. The second-order valence-corrected chi connectivity index (χ2v) is 4.15. The molecule has 2 aliphatic heterocycles. The van der Waals surface area contributed by atoms with E-state index in [1.807, 2.05) is 0 Å². The Labute approximate surface area is 101 Å². The van der Waals surface area contributed by atoms with E-state index in [0.29, 0.717) is 6.54 Å². The molecule has 0 bridgehead atoms. The van der Waals surface area contributed by atoms with E-state index in [0.717, 1.165) is 19.4 Å². The minimum atomic E-state index is -0.870. The van der Waals surface area contributed by atoms with Gasteiger partial charge in [-0.1, -0.05) is 0 Å². The second-order valence-electron chi connectivity index (χ2n) is 4.15. The summed E-state index contributed by atoms with van der Waals surface area (Å²) in [4.78, 5) is 24.1. The molecular formula is C9H17N3O3S. The number of carbonyl (C=O) groups is 2. The zero-order chi connectivity index (χ0) is 11.1. The Kier molecular flexibility index (Phi) is 3.82. The molecule has 0 aliphatic carbocycles. The number of hydrogen-bond acceptors (Lipinski definition) is 4. The molecule has 4 N–H and O–H groups in total. The molecular weight excluding hydrogens is 230 g/mol. The quantitative estimate of drug-likeness (QED) is 0.498. The topological polar surface area (TPSA) is 95.7 Å². The van der Waals surface area contributed by atoms with E-state index in [2.05, 4.69) is 5.32 Å². The lowest BCUT2D eigenvalue weighted by Crippen LogP contribution is -2.75. The van der Waals surface area contributed by atoms with Crippen molar-refractivity contribution in [1.82, 2.24) is 10.2 Å². The van der Waals surface area contributed by atoms with Gasteiger partial charge < -0.3 is 21.1 Å². The number of β-lactam (4-membered cyclic amide) rings is 1. The number of likely N-dealkylation sites (tertiary alicyclic amines) is 1. The van der Waals surface area contributed by atoms with E-state index in [-0.39, 0.29) is 19.4 Å². The van der Waals surface area contributed by atoms with Crippen molar-refractivity contribution in [2.45, 2.75) is 24.4 Å². The van der Waals surface area contributed by atoms with Gasteiger partial charge in [0, 0.05) is 6.54 Å². The molecule has 1 spiro atoms. The van der Waals surface area contributed by atoms with Gasteiger partial charge in [-0.2, -0.15) is 13.5 Å². The molecule has 7 heteroatoms. The summed E-state index contributed by atoms with van der Waals surface area (Å²) >= 11 is 0. The molecule has 0 radical (unpaired) electrons. The maximum atomic E-state index is 11.8. The third kappa shape index (κ3) is 1.79. The van der Waals surface area contributed by atoms with Crippen LogP contribution in [0.25, 0.3) is 0 Å². The van der Waals surface area contributed by atoms with Gasteiger partial charge in [0.25, 0.3) is 0 Å². The fraction of sp³-hybridized carbons (Fsp3) is 0.778. The van der Waals surface area contributed by atoms with Gasteiger partial charge >= 0.3 is 0 Å². The Morgan fingerprint density at radius 1 is 1.69 bits per heavy atom. The molecule has 2 saturated heterocycles. The lowest BCUT2D eigenvalue weighted by Gasteiger charge is -2.49. The van der Waals surface area contributed by atoms with Crippen molar-refractivity contribution in [3.63, 3.8) is 0 Å². The molecule has 0 saturated carbocycles. The second kappa shape index (κ2) is 4.60. The summed E-state index contributed by atoms with van der Waals surface area (Å²) in [6.45, 7) is 0.900. The number of aliphatic hydroxyl groups excluding tert-OH is 1. The van der Waals surface area contributed by atoms with Gasteiger partial charge in [-0.25, -0.2) is 0 Å².